The number of anilines is 2. The maximum absolute atomic E-state index is 11.9. The van der Waals surface area contributed by atoms with Gasteiger partial charge >= 0.3 is 0 Å². The van der Waals surface area contributed by atoms with Crippen molar-refractivity contribution in [3.8, 4) is 11.3 Å². The van der Waals surface area contributed by atoms with Crippen LogP contribution in [0, 0.1) is 5.92 Å². The maximum Gasteiger partial charge on any atom is 0.219 e. The number of rotatable bonds is 5. The first kappa shape index (κ1) is 24.5. The van der Waals surface area contributed by atoms with Crippen LogP contribution in [0.2, 0.25) is 0 Å². The molecule has 198 valence electrons. The summed E-state index contributed by atoms with van der Waals surface area (Å²) in [6, 6.07) is 0. The molecule has 0 radical (unpaired) electrons. The Hall–Kier alpha value is -2.87. The van der Waals surface area contributed by atoms with Gasteiger partial charge in [0.15, 0.2) is 11.5 Å². The number of nitrogens with two attached hydrogens (primary N) is 1. The van der Waals surface area contributed by atoms with Gasteiger partial charge in [0.05, 0.1) is 30.9 Å². The fraction of sp³-hybridized carbons (Fsp3) is 0.583. The smallest absolute Gasteiger partial charge is 0.219 e. The van der Waals surface area contributed by atoms with Crippen molar-refractivity contribution in [2.75, 3.05) is 69.4 Å². The quantitative estimate of drug-likeness (QED) is 0.503. The number of ether oxygens (including phenoxy) is 1. The molecule has 2 fully saturated rings. The average molecular weight is 528 g/mol. The monoisotopic (exact) mass is 527 g/mol. The highest BCUT2D eigenvalue weighted by Crippen LogP contribution is 2.30. The molecule has 0 amide bonds. The van der Waals surface area contributed by atoms with Crippen molar-refractivity contribution in [2.24, 2.45) is 5.92 Å². The summed E-state index contributed by atoms with van der Waals surface area (Å²) in [4.78, 5) is 23.1. The topological polar surface area (TPSA) is 135 Å². The summed E-state index contributed by atoms with van der Waals surface area (Å²) in [7, 11) is -3.10. The van der Waals surface area contributed by atoms with Crippen LogP contribution in [-0.4, -0.2) is 101 Å². The van der Waals surface area contributed by atoms with Gasteiger partial charge in [0.1, 0.15) is 0 Å². The van der Waals surface area contributed by atoms with Gasteiger partial charge in [-0.1, -0.05) is 0 Å². The first-order valence-electron chi connectivity index (χ1n) is 12.8. The lowest BCUT2D eigenvalue weighted by atomic mass is 9.96. The van der Waals surface area contributed by atoms with Crippen LogP contribution in [0.5, 0.6) is 0 Å². The third kappa shape index (κ3) is 5.00. The minimum absolute atomic E-state index is 0.236. The lowest BCUT2D eigenvalue weighted by Gasteiger charge is -2.34. The Kier molecular flexibility index (Phi) is 6.47. The van der Waals surface area contributed by atoms with E-state index in [1.54, 1.807) is 16.7 Å². The third-order valence-corrected chi connectivity index (χ3v) is 8.95. The Morgan fingerprint density at radius 2 is 1.78 bits per heavy atom. The van der Waals surface area contributed by atoms with E-state index in [4.69, 9.17) is 20.4 Å². The Balaban J connectivity index is 1.27. The Morgan fingerprint density at radius 3 is 2.49 bits per heavy atom. The highest BCUT2D eigenvalue weighted by Gasteiger charge is 2.30. The molecule has 13 heteroatoms. The second-order valence-corrected chi connectivity index (χ2v) is 12.2. The van der Waals surface area contributed by atoms with Gasteiger partial charge in [0, 0.05) is 82.1 Å². The molecule has 0 aliphatic carbocycles. The van der Waals surface area contributed by atoms with E-state index in [1.165, 1.54) is 11.9 Å². The number of hydrogen-bond donors (Lipinski definition) is 1. The zero-order chi connectivity index (χ0) is 25.6. The third-order valence-electron chi connectivity index (χ3n) is 7.65. The second-order valence-electron chi connectivity index (χ2n) is 10.2. The zero-order valence-corrected chi connectivity index (χ0v) is 21.9. The normalized spacial score (nSPS) is 20.4. The van der Waals surface area contributed by atoms with E-state index in [1.807, 2.05) is 6.20 Å². The van der Waals surface area contributed by atoms with Crippen LogP contribution < -0.4 is 10.6 Å². The van der Waals surface area contributed by atoms with Crippen molar-refractivity contribution in [1.82, 2.24) is 33.5 Å². The minimum atomic E-state index is -3.10. The zero-order valence-electron chi connectivity index (χ0n) is 21.1. The Morgan fingerprint density at radius 1 is 1.05 bits per heavy atom. The first-order chi connectivity index (χ1) is 17.8. The fourth-order valence-corrected chi connectivity index (χ4v) is 6.49. The summed E-state index contributed by atoms with van der Waals surface area (Å²) in [5.74, 6) is 1.59. The molecule has 3 aliphatic rings. The van der Waals surface area contributed by atoms with E-state index in [0.717, 1.165) is 80.4 Å². The lowest BCUT2D eigenvalue weighted by molar-refractivity contribution is 0.122. The summed E-state index contributed by atoms with van der Waals surface area (Å²) in [6.07, 6.45) is 9.45. The molecular weight excluding hydrogens is 494 g/mol. The van der Waals surface area contributed by atoms with Gasteiger partial charge in [-0.15, -0.1) is 0 Å². The molecular formula is C24H33N9O3S. The van der Waals surface area contributed by atoms with Crippen molar-refractivity contribution < 1.29 is 13.2 Å². The van der Waals surface area contributed by atoms with Gasteiger partial charge < -0.3 is 15.4 Å². The summed E-state index contributed by atoms with van der Waals surface area (Å²) < 4.78 is 33.1. The number of sulfonamides is 1. The molecule has 0 spiro atoms. The molecule has 3 aliphatic heterocycles. The van der Waals surface area contributed by atoms with E-state index < -0.39 is 10.0 Å². The predicted molar refractivity (Wildman–Crippen MR) is 140 cm³/mol. The van der Waals surface area contributed by atoms with Gasteiger partial charge in [-0.25, -0.2) is 32.7 Å². The van der Waals surface area contributed by atoms with Crippen LogP contribution in [0.4, 0.5) is 11.8 Å². The molecule has 0 aromatic carbocycles. The van der Waals surface area contributed by atoms with Crippen LogP contribution in [0.25, 0.3) is 16.9 Å². The first-order valence-corrected chi connectivity index (χ1v) is 14.7. The van der Waals surface area contributed by atoms with Gasteiger partial charge in [-0.05, 0) is 18.8 Å². The number of nitrogens with zero attached hydrogens (tertiary/aromatic N) is 8. The van der Waals surface area contributed by atoms with Gasteiger partial charge in [-0.2, -0.15) is 0 Å². The number of hydrogen-bond acceptors (Lipinski definition) is 10. The molecule has 0 unspecified atom stereocenters. The maximum atomic E-state index is 11.9. The Bertz CT molecular complexity index is 1380. The summed E-state index contributed by atoms with van der Waals surface area (Å²) in [5.41, 5.74) is 10.5. The van der Waals surface area contributed by atoms with Crippen molar-refractivity contribution in [2.45, 2.75) is 25.8 Å². The average Bonchev–Trinajstić information content (AvgIpc) is 3.26. The molecule has 6 rings (SSSR count). The van der Waals surface area contributed by atoms with Crippen LogP contribution in [0.1, 0.15) is 24.2 Å². The lowest BCUT2D eigenvalue weighted by Crippen LogP contribution is -2.42. The van der Waals surface area contributed by atoms with Gasteiger partial charge in [0.2, 0.25) is 16.0 Å². The van der Waals surface area contributed by atoms with E-state index >= 15 is 0 Å². The molecule has 2 saturated heterocycles. The molecule has 3 aromatic rings. The molecule has 0 atom stereocenters. The summed E-state index contributed by atoms with van der Waals surface area (Å²) >= 11 is 0. The van der Waals surface area contributed by atoms with Gasteiger partial charge in [-0.3, -0.25) is 9.30 Å². The van der Waals surface area contributed by atoms with Crippen molar-refractivity contribution >= 4 is 27.4 Å². The molecule has 0 bridgehead atoms. The Labute approximate surface area is 216 Å². The van der Waals surface area contributed by atoms with Crippen LogP contribution in [0.3, 0.4) is 0 Å². The van der Waals surface area contributed by atoms with Crippen LogP contribution >= 0.6 is 0 Å². The van der Waals surface area contributed by atoms with Crippen LogP contribution in [0.15, 0.2) is 18.6 Å². The van der Waals surface area contributed by atoms with Crippen molar-refractivity contribution in [1.29, 1.82) is 0 Å². The molecule has 37 heavy (non-hydrogen) atoms. The van der Waals surface area contributed by atoms with E-state index in [2.05, 4.69) is 24.2 Å². The molecule has 0 saturated carbocycles. The standard InChI is InChI=1S/C24H33N9O3S/c1-37(34,35)32-6-2-17(3-7-32)14-30-5-4-21-20(15-30)29-23-22(31-8-10-36-11-9-31)28-19(16-33(21)23)18-12-26-24(25)27-13-18/h12-13,16-17H,2-11,14-15H2,1H3,(H2,25,26,27). The number of fused-ring (bicyclic) bond motifs is 3. The van der Waals surface area contributed by atoms with E-state index in [-0.39, 0.29) is 5.95 Å². The van der Waals surface area contributed by atoms with Gasteiger partial charge in [0.25, 0.3) is 0 Å². The second kappa shape index (κ2) is 9.78. The van der Waals surface area contributed by atoms with Crippen molar-refractivity contribution in [3.63, 3.8) is 0 Å². The predicted octanol–water partition coefficient (Wildman–Crippen LogP) is 0.635. The number of imidazole rings is 1. The highest BCUT2D eigenvalue weighted by atomic mass is 32.2. The fourth-order valence-electron chi connectivity index (χ4n) is 5.61. The van der Waals surface area contributed by atoms with Crippen molar-refractivity contribution in [3.05, 3.63) is 30.0 Å². The molecule has 12 nitrogen and oxygen atoms in total. The number of nitrogen functional groups attached to an aromatic ring is 1. The SMILES string of the molecule is CS(=O)(=O)N1CCC(CN2CCc3c(nc4c(N5CCOCC5)nc(-c5cnc(N)nc5)cn34)C2)CC1. The number of aromatic nitrogens is 5. The molecule has 2 N–H and O–H groups in total. The van der Waals surface area contributed by atoms with Crippen LogP contribution in [-0.2, 0) is 27.7 Å². The largest absolute Gasteiger partial charge is 0.378 e. The summed E-state index contributed by atoms with van der Waals surface area (Å²) in [6.45, 7) is 6.78. The number of piperidine rings is 1. The summed E-state index contributed by atoms with van der Waals surface area (Å²) in [5, 5.41) is 0. The molecule has 3 aromatic heterocycles. The minimum Gasteiger partial charge on any atom is -0.378 e. The molecule has 6 heterocycles. The number of morpholine rings is 1. The van der Waals surface area contributed by atoms with E-state index in [9.17, 15) is 8.42 Å². The highest BCUT2D eigenvalue weighted by molar-refractivity contribution is 7.88. The van der Waals surface area contributed by atoms with E-state index in [0.29, 0.717) is 32.2 Å².